The summed E-state index contributed by atoms with van der Waals surface area (Å²) in [7, 11) is 0. The summed E-state index contributed by atoms with van der Waals surface area (Å²) in [6.45, 7) is 4.99. The molecule has 0 bridgehead atoms. The molecule has 14 heavy (non-hydrogen) atoms. The average molecular weight is 200 g/mol. The van der Waals surface area contributed by atoms with Crippen molar-refractivity contribution in [1.82, 2.24) is 0 Å². The number of carbonyl (C=O) groups is 1. The van der Waals surface area contributed by atoms with Gasteiger partial charge in [-0.1, -0.05) is 13.8 Å². The van der Waals surface area contributed by atoms with Gasteiger partial charge in [-0.2, -0.15) is 0 Å². The molecule has 0 spiro atoms. The third-order valence-corrected chi connectivity index (χ3v) is 2.84. The monoisotopic (exact) mass is 200 g/mol. The van der Waals surface area contributed by atoms with Gasteiger partial charge in [0.25, 0.3) is 0 Å². The predicted molar refractivity (Wildman–Crippen MR) is 54.2 cm³/mol. The first-order valence-electron chi connectivity index (χ1n) is 5.40. The molecule has 1 N–H and O–H groups in total. The van der Waals surface area contributed by atoms with E-state index in [1.54, 1.807) is 0 Å². The van der Waals surface area contributed by atoms with Crippen LogP contribution in [0, 0.1) is 5.92 Å². The van der Waals surface area contributed by atoms with Crippen LogP contribution in [0.25, 0.3) is 0 Å². The summed E-state index contributed by atoms with van der Waals surface area (Å²) in [4.78, 5) is 10.6. The van der Waals surface area contributed by atoms with E-state index in [-0.39, 0.29) is 12.0 Å². The number of hydrogen-bond donors (Lipinski definition) is 1. The normalized spacial score (nSPS) is 19.4. The summed E-state index contributed by atoms with van der Waals surface area (Å²) in [6, 6.07) is 0. The zero-order chi connectivity index (χ0) is 10.6. The van der Waals surface area contributed by atoms with Gasteiger partial charge in [-0.05, 0) is 31.6 Å². The van der Waals surface area contributed by atoms with Crippen LogP contribution in [0.15, 0.2) is 0 Å². The zero-order valence-electron chi connectivity index (χ0n) is 9.08. The highest BCUT2D eigenvalue weighted by Gasteiger charge is 2.39. The fourth-order valence-electron chi connectivity index (χ4n) is 1.73. The van der Waals surface area contributed by atoms with Crippen molar-refractivity contribution in [3.05, 3.63) is 0 Å². The van der Waals surface area contributed by atoms with Crippen molar-refractivity contribution in [2.24, 2.45) is 5.92 Å². The summed E-state index contributed by atoms with van der Waals surface area (Å²) in [5.41, 5.74) is -0.319. The Morgan fingerprint density at radius 1 is 1.50 bits per heavy atom. The van der Waals surface area contributed by atoms with Crippen molar-refractivity contribution < 1.29 is 14.6 Å². The van der Waals surface area contributed by atoms with Crippen LogP contribution in [0.5, 0.6) is 0 Å². The second kappa shape index (κ2) is 4.78. The molecule has 82 valence electrons. The van der Waals surface area contributed by atoms with Gasteiger partial charge in [-0.25, -0.2) is 0 Å². The molecular formula is C11H20O3. The molecule has 0 atom stereocenters. The molecule has 0 amide bonds. The third kappa shape index (κ3) is 3.29. The van der Waals surface area contributed by atoms with Crippen molar-refractivity contribution in [1.29, 1.82) is 0 Å². The molecular weight excluding hydrogens is 180 g/mol. The van der Waals surface area contributed by atoms with E-state index >= 15 is 0 Å². The Labute approximate surface area is 85.5 Å². The number of carboxylic acid groups (broad SMARTS) is 1. The van der Waals surface area contributed by atoms with Crippen LogP contribution in [0.3, 0.4) is 0 Å². The summed E-state index contributed by atoms with van der Waals surface area (Å²) in [5, 5.41) is 8.74. The van der Waals surface area contributed by atoms with Crippen LogP contribution in [-0.2, 0) is 9.53 Å². The highest BCUT2D eigenvalue weighted by Crippen LogP contribution is 2.38. The number of carboxylic acids is 1. The molecule has 3 heteroatoms. The summed E-state index contributed by atoms with van der Waals surface area (Å²) in [6.07, 6.45) is 4.12. The smallest absolute Gasteiger partial charge is 0.306 e. The van der Waals surface area contributed by atoms with E-state index in [1.807, 2.05) is 0 Å². The fraction of sp³-hybridized carbons (Fsp3) is 0.909. The number of hydrogen-bond acceptors (Lipinski definition) is 2. The maximum atomic E-state index is 10.6. The largest absolute Gasteiger partial charge is 0.481 e. The molecule has 0 aromatic rings. The Morgan fingerprint density at radius 3 is 2.50 bits per heavy atom. The summed E-state index contributed by atoms with van der Waals surface area (Å²) >= 11 is 0. The third-order valence-electron chi connectivity index (χ3n) is 2.84. The van der Waals surface area contributed by atoms with Crippen LogP contribution < -0.4 is 0 Å². The van der Waals surface area contributed by atoms with E-state index in [9.17, 15) is 4.79 Å². The lowest BCUT2D eigenvalue weighted by Gasteiger charge is -2.40. The van der Waals surface area contributed by atoms with E-state index in [0.29, 0.717) is 12.5 Å². The van der Waals surface area contributed by atoms with Gasteiger partial charge in [0.1, 0.15) is 0 Å². The fourth-order valence-corrected chi connectivity index (χ4v) is 1.73. The van der Waals surface area contributed by atoms with Crippen molar-refractivity contribution in [3.63, 3.8) is 0 Å². The van der Waals surface area contributed by atoms with Crippen molar-refractivity contribution in [3.8, 4) is 0 Å². The zero-order valence-corrected chi connectivity index (χ0v) is 9.08. The molecule has 1 aliphatic carbocycles. The van der Waals surface area contributed by atoms with Gasteiger partial charge in [0.15, 0.2) is 0 Å². The Morgan fingerprint density at radius 2 is 2.14 bits per heavy atom. The standard InChI is InChI=1S/C11H20O3/c1-9(2)4-7-14-11(5-3-6-11)8-10(12)13/h9H,3-8H2,1-2H3,(H,12,13). The van der Waals surface area contributed by atoms with Gasteiger partial charge in [0.05, 0.1) is 12.0 Å². The second-order valence-electron chi connectivity index (χ2n) is 4.64. The van der Waals surface area contributed by atoms with Gasteiger partial charge >= 0.3 is 5.97 Å². The molecule has 0 aromatic heterocycles. The van der Waals surface area contributed by atoms with E-state index in [4.69, 9.17) is 9.84 Å². The minimum atomic E-state index is -0.741. The first-order valence-corrected chi connectivity index (χ1v) is 5.40. The predicted octanol–water partition coefficient (Wildman–Crippen LogP) is 2.45. The van der Waals surface area contributed by atoms with Crippen molar-refractivity contribution in [2.75, 3.05) is 6.61 Å². The molecule has 0 radical (unpaired) electrons. The average Bonchev–Trinajstić information content (AvgIpc) is 1.98. The number of aliphatic carboxylic acids is 1. The molecule has 0 heterocycles. The molecule has 0 aromatic carbocycles. The van der Waals surface area contributed by atoms with E-state index < -0.39 is 5.97 Å². The number of rotatable bonds is 6. The lowest BCUT2D eigenvalue weighted by molar-refractivity contribution is -0.154. The molecule has 0 aliphatic heterocycles. The molecule has 1 saturated carbocycles. The quantitative estimate of drug-likeness (QED) is 0.716. The molecule has 1 rings (SSSR count). The first kappa shape index (κ1) is 11.5. The van der Waals surface area contributed by atoms with Gasteiger partial charge in [0, 0.05) is 6.61 Å². The minimum absolute atomic E-state index is 0.172. The van der Waals surface area contributed by atoms with Gasteiger partial charge < -0.3 is 9.84 Å². The Kier molecular flexibility index (Phi) is 3.93. The topological polar surface area (TPSA) is 46.5 Å². The van der Waals surface area contributed by atoms with Crippen LogP contribution in [0.4, 0.5) is 0 Å². The Hall–Kier alpha value is -0.570. The van der Waals surface area contributed by atoms with Gasteiger partial charge in [-0.3, -0.25) is 4.79 Å². The summed E-state index contributed by atoms with van der Waals surface area (Å²) in [5.74, 6) is -0.119. The second-order valence-corrected chi connectivity index (χ2v) is 4.64. The maximum Gasteiger partial charge on any atom is 0.306 e. The minimum Gasteiger partial charge on any atom is -0.481 e. The van der Waals surface area contributed by atoms with Crippen LogP contribution in [0.2, 0.25) is 0 Å². The van der Waals surface area contributed by atoms with Crippen LogP contribution >= 0.6 is 0 Å². The molecule has 0 saturated heterocycles. The van der Waals surface area contributed by atoms with Crippen molar-refractivity contribution in [2.45, 2.75) is 51.6 Å². The van der Waals surface area contributed by atoms with E-state index in [0.717, 1.165) is 25.7 Å². The molecule has 1 aliphatic rings. The molecule has 1 fully saturated rings. The van der Waals surface area contributed by atoms with Crippen LogP contribution in [-0.4, -0.2) is 23.3 Å². The SMILES string of the molecule is CC(C)CCOC1(CC(=O)O)CCC1. The van der Waals surface area contributed by atoms with Crippen LogP contribution in [0.1, 0.15) is 46.0 Å². The maximum absolute atomic E-state index is 10.6. The highest BCUT2D eigenvalue weighted by atomic mass is 16.5. The Balaban J connectivity index is 2.27. The lowest BCUT2D eigenvalue weighted by Crippen LogP contribution is -2.42. The van der Waals surface area contributed by atoms with Gasteiger partial charge in [-0.15, -0.1) is 0 Å². The highest BCUT2D eigenvalue weighted by molar-refractivity contribution is 5.68. The van der Waals surface area contributed by atoms with E-state index in [1.165, 1.54) is 0 Å². The lowest BCUT2D eigenvalue weighted by atomic mass is 9.77. The van der Waals surface area contributed by atoms with Gasteiger partial charge in [0.2, 0.25) is 0 Å². The molecule has 3 nitrogen and oxygen atoms in total. The summed E-state index contributed by atoms with van der Waals surface area (Å²) < 4.78 is 5.71. The first-order chi connectivity index (χ1) is 6.54. The van der Waals surface area contributed by atoms with E-state index in [2.05, 4.69) is 13.8 Å². The molecule has 0 unspecified atom stereocenters. The Bertz CT molecular complexity index is 195. The number of ether oxygens (including phenoxy) is 1. The van der Waals surface area contributed by atoms with Crippen molar-refractivity contribution >= 4 is 5.97 Å².